The molecule has 0 aliphatic rings. The van der Waals surface area contributed by atoms with Gasteiger partial charge in [0.05, 0.1) is 0 Å². The Balaban J connectivity index is 2.54. The first-order valence-electron chi connectivity index (χ1n) is 6.47. The van der Waals surface area contributed by atoms with Crippen molar-refractivity contribution in [3.05, 3.63) is 24.3 Å². The summed E-state index contributed by atoms with van der Waals surface area (Å²) in [7, 11) is 3.21. The summed E-state index contributed by atoms with van der Waals surface area (Å²) in [6.45, 7) is 2.73. The van der Waals surface area contributed by atoms with Crippen molar-refractivity contribution in [1.82, 2.24) is 4.90 Å². The summed E-state index contributed by atoms with van der Waals surface area (Å²) in [6.07, 6.45) is 0.911. The highest BCUT2D eigenvalue weighted by Crippen LogP contribution is 2.14. The largest absolute Gasteiger partial charge is 0.375 e. The summed E-state index contributed by atoms with van der Waals surface area (Å²) in [5.41, 5.74) is 1.34. The number of benzene rings is 1. The van der Waals surface area contributed by atoms with E-state index in [-0.39, 0.29) is 18.5 Å². The summed E-state index contributed by atoms with van der Waals surface area (Å²) < 4.78 is 4.73. The molecule has 0 heterocycles. The Kier molecular flexibility index (Phi) is 6.52. The number of urea groups is 1. The smallest absolute Gasteiger partial charge is 0.321 e. The van der Waals surface area contributed by atoms with Crippen LogP contribution < -0.4 is 10.6 Å². The minimum Gasteiger partial charge on any atom is -0.375 e. The summed E-state index contributed by atoms with van der Waals surface area (Å²) >= 11 is 0. The number of nitrogens with zero attached hydrogens (tertiary/aromatic N) is 1. The molecule has 6 nitrogen and oxygen atoms in total. The van der Waals surface area contributed by atoms with Crippen LogP contribution in [-0.4, -0.2) is 44.1 Å². The van der Waals surface area contributed by atoms with E-state index in [0.717, 1.165) is 6.42 Å². The quantitative estimate of drug-likeness (QED) is 0.838. The van der Waals surface area contributed by atoms with Gasteiger partial charge in [-0.15, -0.1) is 0 Å². The zero-order valence-corrected chi connectivity index (χ0v) is 12.1. The Morgan fingerprint density at radius 1 is 1.15 bits per heavy atom. The van der Waals surface area contributed by atoms with E-state index in [2.05, 4.69) is 10.6 Å². The molecule has 0 aliphatic heterocycles. The molecule has 1 rings (SSSR count). The number of hydrogen-bond donors (Lipinski definition) is 2. The van der Waals surface area contributed by atoms with Crippen molar-refractivity contribution in [2.45, 2.75) is 13.3 Å². The summed E-state index contributed by atoms with van der Waals surface area (Å²) in [5, 5.41) is 5.46. The van der Waals surface area contributed by atoms with E-state index >= 15 is 0 Å². The van der Waals surface area contributed by atoms with Gasteiger partial charge in [0.1, 0.15) is 6.61 Å². The third-order valence-electron chi connectivity index (χ3n) is 2.60. The average molecular weight is 279 g/mol. The molecule has 0 saturated heterocycles. The van der Waals surface area contributed by atoms with Crippen LogP contribution in [0, 0.1) is 0 Å². The summed E-state index contributed by atoms with van der Waals surface area (Å²) in [5.74, 6) is -0.216. The van der Waals surface area contributed by atoms with Gasteiger partial charge in [-0.05, 0) is 30.7 Å². The molecular formula is C14H21N3O3. The molecule has 0 saturated carbocycles. The molecule has 0 spiro atoms. The molecule has 20 heavy (non-hydrogen) atoms. The zero-order valence-electron chi connectivity index (χ0n) is 12.1. The minimum absolute atomic E-state index is 0.0142. The van der Waals surface area contributed by atoms with Gasteiger partial charge < -0.3 is 20.3 Å². The Labute approximate surface area is 119 Å². The fourth-order valence-corrected chi connectivity index (χ4v) is 1.62. The molecule has 2 N–H and O–H groups in total. The molecule has 0 atom stereocenters. The highest BCUT2D eigenvalue weighted by atomic mass is 16.5. The number of ether oxygens (including phenoxy) is 1. The number of anilines is 2. The van der Waals surface area contributed by atoms with Crippen molar-refractivity contribution >= 4 is 23.3 Å². The van der Waals surface area contributed by atoms with Gasteiger partial charge in [-0.3, -0.25) is 4.79 Å². The van der Waals surface area contributed by atoms with E-state index in [1.807, 2.05) is 6.92 Å². The van der Waals surface area contributed by atoms with Gasteiger partial charge in [0, 0.05) is 32.1 Å². The van der Waals surface area contributed by atoms with Crippen molar-refractivity contribution < 1.29 is 14.3 Å². The standard InChI is InChI=1S/C14H21N3O3/c1-4-9-17(2)14(19)16-12-7-5-11(6-8-12)15-13(18)10-20-3/h5-8H,4,9-10H2,1-3H3,(H,15,18)(H,16,19). The van der Waals surface area contributed by atoms with Crippen LogP contribution >= 0.6 is 0 Å². The topological polar surface area (TPSA) is 70.7 Å². The molecule has 3 amide bonds. The first kappa shape index (κ1) is 16.0. The second kappa shape index (κ2) is 8.16. The van der Waals surface area contributed by atoms with Gasteiger partial charge in [-0.25, -0.2) is 4.79 Å². The minimum atomic E-state index is -0.216. The molecule has 1 aromatic carbocycles. The lowest BCUT2D eigenvalue weighted by molar-refractivity contribution is -0.119. The number of carbonyl (C=O) groups excluding carboxylic acids is 2. The Morgan fingerprint density at radius 2 is 1.70 bits per heavy atom. The van der Waals surface area contributed by atoms with Crippen molar-refractivity contribution in [3.63, 3.8) is 0 Å². The maximum atomic E-state index is 11.8. The number of amides is 3. The highest BCUT2D eigenvalue weighted by molar-refractivity contribution is 5.92. The lowest BCUT2D eigenvalue weighted by atomic mass is 10.3. The van der Waals surface area contributed by atoms with E-state index in [1.165, 1.54) is 7.11 Å². The Hall–Kier alpha value is -2.08. The molecule has 6 heteroatoms. The third kappa shape index (κ3) is 5.27. The monoisotopic (exact) mass is 279 g/mol. The molecule has 0 unspecified atom stereocenters. The SMILES string of the molecule is CCCN(C)C(=O)Nc1ccc(NC(=O)COC)cc1. The normalized spacial score (nSPS) is 9.95. The second-order valence-electron chi connectivity index (χ2n) is 4.41. The summed E-state index contributed by atoms with van der Waals surface area (Å²) in [6, 6.07) is 6.77. The van der Waals surface area contributed by atoms with Gasteiger partial charge >= 0.3 is 6.03 Å². The molecule has 0 fully saturated rings. The van der Waals surface area contributed by atoms with Gasteiger partial charge in [0.25, 0.3) is 0 Å². The molecule has 0 radical (unpaired) electrons. The van der Waals surface area contributed by atoms with Crippen molar-refractivity contribution in [2.24, 2.45) is 0 Å². The maximum Gasteiger partial charge on any atom is 0.321 e. The van der Waals surface area contributed by atoms with Crippen molar-refractivity contribution in [3.8, 4) is 0 Å². The molecular weight excluding hydrogens is 258 g/mol. The third-order valence-corrected chi connectivity index (χ3v) is 2.60. The number of hydrogen-bond acceptors (Lipinski definition) is 3. The Bertz CT molecular complexity index is 445. The van der Waals surface area contributed by atoms with Crippen LogP contribution in [0.4, 0.5) is 16.2 Å². The average Bonchev–Trinajstić information content (AvgIpc) is 2.41. The number of carbonyl (C=O) groups is 2. The first-order valence-corrected chi connectivity index (χ1v) is 6.47. The van der Waals surface area contributed by atoms with Crippen LogP contribution in [-0.2, 0) is 9.53 Å². The van der Waals surface area contributed by atoms with Crippen LogP contribution in [0.3, 0.4) is 0 Å². The van der Waals surface area contributed by atoms with Crippen LogP contribution in [0.1, 0.15) is 13.3 Å². The molecule has 0 bridgehead atoms. The molecule has 0 aliphatic carbocycles. The van der Waals surface area contributed by atoms with E-state index in [9.17, 15) is 9.59 Å². The highest BCUT2D eigenvalue weighted by Gasteiger charge is 2.07. The number of methoxy groups -OCH3 is 1. The maximum absolute atomic E-state index is 11.8. The molecule has 1 aromatic rings. The van der Waals surface area contributed by atoms with E-state index in [0.29, 0.717) is 17.9 Å². The van der Waals surface area contributed by atoms with Crippen LogP contribution in [0.2, 0.25) is 0 Å². The molecule has 0 aromatic heterocycles. The lowest BCUT2D eigenvalue weighted by Crippen LogP contribution is -2.31. The fourth-order valence-electron chi connectivity index (χ4n) is 1.62. The van der Waals surface area contributed by atoms with E-state index in [1.54, 1.807) is 36.2 Å². The first-order chi connectivity index (χ1) is 9.56. The van der Waals surface area contributed by atoms with Gasteiger partial charge in [0.2, 0.25) is 5.91 Å². The zero-order chi connectivity index (χ0) is 15.0. The van der Waals surface area contributed by atoms with Crippen LogP contribution in [0.5, 0.6) is 0 Å². The predicted octanol–water partition coefficient (Wildman–Crippen LogP) is 2.15. The van der Waals surface area contributed by atoms with Gasteiger partial charge in [-0.2, -0.15) is 0 Å². The van der Waals surface area contributed by atoms with Crippen molar-refractivity contribution in [1.29, 1.82) is 0 Å². The van der Waals surface area contributed by atoms with Crippen LogP contribution in [0.25, 0.3) is 0 Å². The fraction of sp³-hybridized carbons (Fsp3) is 0.429. The van der Waals surface area contributed by atoms with E-state index in [4.69, 9.17) is 4.74 Å². The Morgan fingerprint density at radius 3 is 2.20 bits per heavy atom. The number of rotatable bonds is 6. The second-order valence-corrected chi connectivity index (χ2v) is 4.41. The predicted molar refractivity (Wildman–Crippen MR) is 78.9 cm³/mol. The van der Waals surface area contributed by atoms with Gasteiger partial charge in [0.15, 0.2) is 0 Å². The lowest BCUT2D eigenvalue weighted by Gasteiger charge is -2.17. The van der Waals surface area contributed by atoms with Gasteiger partial charge in [-0.1, -0.05) is 6.92 Å². The van der Waals surface area contributed by atoms with E-state index < -0.39 is 0 Å². The van der Waals surface area contributed by atoms with Crippen LogP contribution in [0.15, 0.2) is 24.3 Å². The summed E-state index contributed by atoms with van der Waals surface area (Å²) in [4.78, 5) is 24.7. The molecule has 110 valence electrons. The van der Waals surface area contributed by atoms with Crippen molar-refractivity contribution in [2.75, 3.05) is 37.9 Å². The number of nitrogens with one attached hydrogen (secondary N) is 2.